The van der Waals surface area contributed by atoms with E-state index in [0.29, 0.717) is 5.69 Å². The van der Waals surface area contributed by atoms with Gasteiger partial charge in [-0.25, -0.2) is 14.6 Å². The van der Waals surface area contributed by atoms with Gasteiger partial charge in [0.05, 0.1) is 19.2 Å². The molecule has 0 aromatic carbocycles. The number of aromatic nitrogens is 1. The SMILES string of the molecule is COC(=O)[C@H](CCC(=O)Nc1nc(CC(=O)O)cs1)NC(=O)OC(C)(C)C. The number of alkyl carbamates (subject to hydrolysis) is 1. The van der Waals surface area contributed by atoms with E-state index in [1.165, 1.54) is 12.5 Å². The maximum absolute atomic E-state index is 12.0. The summed E-state index contributed by atoms with van der Waals surface area (Å²) in [5.74, 6) is -2.16. The largest absolute Gasteiger partial charge is 0.481 e. The van der Waals surface area contributed by atoms with Crippen LogP contribution in [0.4, 0.5) is 9.93 Å². The summed E-state index contributed by atoms with van der Waals surface area (Å²) in [6, 6.07) is -1.05. The van der Waals surface area contributed by atoms with Crippen molar-refractivity contribution in [2.24, 2.45) is 0 Å². The third-order valence-corrected chi connectivity index (χ3v) is 3.77. The van der Waals surface area contributed by atoms with Crippen LogP contribution in [0.5, 0.6) is 0 Å². The van der Waals surface area contributed by atoms with Crippen molar-refractivity contribution in [3.63, 3.8) is 0 Å². The zero-order chi connectivity index (χ0) is 20.6. The van der Waals surface area contributed by atoms with Crippen molar-refractivity contribution >= 4 is 40.4 Å². The van der Waals surface area contributed by atoms with E-state index in [-0.39, 0.29) is 24.4 Å². The van der Waals surface area contributed by atoms with Crippen LogP contribution in [-0.4, -0.2) is 52.8 Å². The van der Waals surface area contributed by atoms with Gasteiger partial charge in [0.1, 0.15) is 11.6 Å². The van der Waals surface area contributed by atoms with Crippen LogP contribution >= 0.6 is 11.3 Å². The fourth-order valence-electron chi connectivity index (χ4n) is 1.90. The van der Waals surface area contributed by atoms with Gasteiger partial charge in [0.15, 0.2) is 5.13 Å². The second kappa shape index (κ2) is 9.86. The number of anilines is 1. The van der Waals surface area contributed by atoms with Gasteiger partial charge in [-0.05, 0) is 27.2 Å². The summed E-state index contributed by atoms with van der Waals surface area (Å²) in [5, 5.41) is 15.4. The Bertz CT molecular complexity index is 696. The number of carbonyl (C=O) groups is 4. The number of hydrogen-bond donors (Lipinski definition) is 3. The average molecular weight is 401 g/mol. The van der Waals surface area contributed by atoms with Crippen LogP contribution in [-0.2, 0) is 30.3 Å². The summed E-state index contributed by atoms with van der Waals surface area (Å²) in [5.41, 5.74) is -0.400. The van der Waals surface area contributed by atoms with Crippen molar-refractivity contribution in [3.05, 3.63) is 11.1 Å². The van der Waals surface area contributed by atoms with E-state index in [9.17, 15) is 19.2 Å². The topological polar surface area (TPSA) is 144 Å². The molecule has 0 aliphatic carbocycles. The van der Waals surface area contributed by atoms with E-state index in [4.69, 9.17) is 9.84 Å². The number of amides is 2. The first kappa shape index (κ1) is 22.4. The maximum atomic E-state index is 12.0. The molecule has 0 saturated heterocycles. The minimum absolute atomic E-state index is 0.00882. The van der Waals surface area contributed by atoms with E-state index in [2.05, 4.69) is 20.4 Å². The van der Waals surface area contributed by atoms with Gasteiger partial charge < -0.3 is 25.2 Å². The summed E-state index contributed by atoms with van der Waals surface area (Å²) in [4.78, 5) is 50.3. The molecule has 27 heavy (non-hydrogen) atoms. The molecule has 1 atom stereocenters. The van der Waals surface area contributed by atoms with Gasteiger partial charge in [0, 0.05) is 11.8 Å². The van der Waals surface area contributed by atoms with Crippen LogP contribution in [0, 0.1) is 0 Å². The van der Waals surface area contributed by atoms with Crippen LogP contribution in [0.15, 0.2) is 5.38 Å². The molecule has 11 heteroatoms. The number of nitrogens with zero attached hydrogens (tertiary/aromatic N) is 1. The van der Waals surface area contributed by atoms with Gasteiger partial charge in [0.25, 0.3) is 0 Å². The van der Waals surface area contributed by atoms with Crippen molar-refractivity contribution in [2.45, 2.75) is 51.7 Å². The van der Waals surface area contributed by atoms with E-state index in [1.807, 2.05) is 0 Å². The van der Waals surface area contributed by atoms with Crippen LogP contribution in [0.2, 0.25) is 0 Å². The normalized spacial score (nSPS) is 12.0. The lowest BCUT2D eigenvalue weighted by Crippen LogP contribution is -2.44. The van der Waals surface area contributed by atoms with Crippen molar-refractivity contribution < 1.29 is 33.8 Å². The molecule has 1 heterocycles. The molecule has 0 radical (unpaired) electrons. The highest BCUT2D eigenvalue weighted by atomic mass is 32.1. The molecule has 1 aromatic heterocycles. The first-order valence-electron chi connectivity index (χ1n) is 8.03. The summed E-state index contributed by atoms with van der Waals surface area (Å²) in [6.07, 6.45) is -1.14. The Labute approximate surface area is 160 Å². The minimum atomic E-state index is -1.05. The van der Waals surface area contributed by atoms with E-state index in [0.717, 1.165) is 11.3 Å². The first-order chi connectivity index (χ1) is 12.5. The van der Waals surface area contributed by atoms with Crippen LogP contribution < -0.4 is 10.6 Å². The molecule has 10 nitrogen and oxygen atoms in total. The molecule has 3 N–H and O–H groups in total. The van der Waals surface area contributed by atoms with Gasteiger partial charge in [0.2, 0.25) is 5.91 Å². The molecule has 0 fully saturated rings. The smallest absolute Gasteiger partial charge is 0.408 e. The molecule has 150 valence electrons. The van der Waals surface area contributed by atoms with Crippen molar-refractivity contribution in [3.8, 4) is 0 Å². The number of ether oxygens (including phenoxy) is 2. The molecule has 0 aliphatic rings. The second-order valence-electron chi connectivity index (χ2n) is 6.52. The highest BCUT2D eigenvalue weighted by molar-refractivity contribution is 7.13. The number of nitrogens with one attached hydrogen (secondary N) is 2. The zero-order valence-corrected chi connectivity index (χ0v) is 16.3. The van der Waals surface area contributed by atoms with Crippen molar-refractivity contribution in [2.75, 3.05) is 12.4 Å². The lowest BCUT2D eigenvalue weighted by Gasteiger charge is -2.22. The molecular formula is C16H23N3O7S. The second-order valence-corrected chi connectivity index (χ2v) is 7.38. The Hall–Kier alpha value is -2.69. The molecule has 0 bridgehead atoms. The highest BCUT2D eigenvalue weighted by Crippen LogP contribution is 2.16. The maximum Gasteiger partial charge on any atom is 0.408 e. The third-order valence-electron chi connectivity index (χ3n) is 2.97. The first-order valence-corrected chi connectivity index (χ1v) is 8.91. The van der Waals surface area contributed by atoms with Gasteiger partial charge in [-0.2, -0.15) is 0 Å². The summed E-state index contributed by atoms with van der Waals surface area (Å²) < 4.78 is 9.71. The summed E-state index contributed by atoms with van der Waals surface area (Å²) in [7, 11) is 1.17. The Morgan fingerprint density at radius 3 is 2.52 bits per heavy atom. The van der Waals surface area contributed by atoms with Crippen LogP contribution in [0.1, 0.15) is 39.3 Å². The summed E-state index contributed by atoms with van der Waals surface area (Å²) >= 11 is 1.09. The molecule has 0 spiro atoms. The minimum Gasteiger partial charge on any atom is -0.481 e. The Kier molecular flexibility index (Phi) is 8.16. The number of carbonyl (C=O) groups excluding carboxylic acids is 3. The molecule has 2 amide bonds. The number of thiazole rings is 1. The number of esters is 1. The lowest BCUT2D eigenvalue weighted by molar-refractivity contribution is -0.143. The number of aliphatic carboxylic acids is 1. The Morgan fingerprint density at radius 1 is 1.30 bits per heavy atom. The Balaban J connectivity index is 2.57. The number of methoxy groups -OCH3 is 1. The number of rotatable bonds is 8. The van der Waals surface area contributed by atoms with Gasteiger partial charge in [-0.1, -0.05) is 0 Å². The quantitative estimate of drug-likeness (QED) is 0.557. The number of carboxylic acid groups (broad SMARTS) is 1. The van der Waals surface area contributed by atoms with E-state index >= 15 is 0 Å². The van der Waals surface area contributed by atoms with Gasteiger partial charge in [-0.15, -0.1) is 11.3 Å². The predicted molar refractivity (Wildman–Crippen MR) is 96.5 cm³/mol. The molecule has 1 aromatic rings. The van der Waals surface area contributed by atoms with Crippen molar-refractivity contribution in [1.82, 2.24) is 10.3 Å². The zero-order valence-electron chi connectivity index (χ0n) is 15.5. The molecule has 0 aliphatic heterocycles. The standard InChI is InChI=1S/C16H23N3O7S/c1-16(2,3)26-15(24)18-10(13(23)25-4)5-6-11(20)19-14-17-9(8-27-14)7-12(21)22/h8,10H,5-7H2,1-4H3,(H,18,24)(H,21,22)(H,17,19,20)/t10-/m0/s1. The Morgan fingerprint density at radius 2 is 1.96 bits per heavy atom. The molecule has 1 rings (SSSR count). The third kappa shape index (κ3) is 8.99. The number of hydrogen-bond acceptors (Lipinski definition) is 8. The van der Waals surface area contributed by atoms with E-state index < -0.39 is 35.6 Å². The highest BCUT2D eigenvalue weighted by Gasteiger charge is 2.25. The molecule has 0 unspecified atom stereocenters. The monoisotopic (exact) mass is 401 g/mol. The van der Waals surface area contributed by atoms with Crippen molar-refractivity contribution in [1.29, 1.82) is 0 Å². The lowest BCUT2D eigenvalue weighted by atomic mass is 10.1. The number of carboxylic acids is 1. The van der Waals surface area contributed by atoms with Crippen LogP contribution in [0.3, 0.4) is 0 Å². The van der Waals surface area contributed by atoms with Gasteiger partial charge in [-0.3, -0.25) is 9.59 Å². The molecule has 0 saturated carbocycles. The van der Waals surface area contributed by atoms with Gasteiger partial charge >= 0.3 is 18.0 Å². The average Bonchev–Trinajstić information content (AvgIpc) is 2.94. The predicted octanol–water partition coefficient (Wildman–Crippen LogP) is 1.56. The molecular weight excluding hydrogens is 378 g/mol. The van der Waals surface area contributed by atoms with Crippen LogP contribution in [0.25, 0.3) is 0 Å². The fraction of sp³-hybridized carbons (Fsp3) is 0.562. The summed E-state index contributed by atoms with van der Waals surface area (Å²) in [6.45, 7) is 5.04. The fourth-order valence-corrected chi connectivity index (χ4v) is 2.63. The van der Waals surface area contributed by atoms with E-state index in [1.54, 1.807) is 20.8 Å².